The van der Waals surface area contributed by atoms with Crippen molar-refractivity contribution in [1.82, 2.24) is 9.78 Å². The summed E-state index contributed by atoms with van der Waals surface area (Å²) in [5.74, 6) is 0. The third-order valence-electron chi connectivity index (χ3n) is 4.11. The molecule has 2 unspecified atom stereocenters. The van der Waals surface area contributed by atoms with Crippen LogP contribution in [-0.4, -0.2) is 26.5 Å². The van der Waals surface area contributed by atoms with Crippen LogP contribution in [0.3, 0.4) is 0 Å². The lowest BCUT2D eigenvalue weighted by Crippen LogP contribution is -2.30. The van der Waals surface area contributed by atoms with Crippen molar-refractivity contribution in [3.8, 4) is 0 Å². The van der Waals surface area contributed by atoms with Gasteiger partial charge in [-0.25, -0.2) is 0 Å². The van der Waals surface area contributed by atoms with Gasteiger partial charge in [-0.2, -0.15) is 5.10 Å². The Kier molecular flexibility index (Phi) is 4.07. The summed E-state index contributed by atoms with van der Waals surface area (Å²) in [6.07, 6.45) is 7.26. The molecule has 0 radical (unpaired) electrons. The fourth-order valence-corrected chi connectivity index (χ4v) is 2.98. The minimum Gasteiger partial charge on any atom is -0.389 e. The molecule has 2 atom stereocenters. The highest BCUT2D eigenvalue weighted by Gasteiger charge is 2.36. The zero-order valence-electron chi connectivity index (χ0n) is 11.5. The SMILES string of the molecule is CCC(CC)n1ccc(CC2(O)CCC(N)C2)n1. The van der Waals surface area contributed by atoms with Gasteiger partial charge in [0.05, 0.1) is 17.3 Å². The van der Waals surface area contributed by atoms with E-state index in [4.69, 9.17) is 5.73 Å². The normalized spacial score (nSPS) is 28.2. The van der Waals surface area contributed by atoms with Crippen LogP contribution >= 0.6 is 0 Å². The maximum atomic E-state index is 10.4. The lowest BCUT2D eigenvalue weighted by Gasteiger charge is -2.21. The summed E-state index contributed by atoms with van der Waals surface area (Å²) in [6, 6.07) is 2.65. The van der Waals surface area contributed by atoms with Crippen molar-refractivity contribution in [2.45, 2.75) is 70.1 Å². The number of aromatic nitrogens is 2. The van der Waals surface area contributed by atoms with Gasteiger partial charge in [-0.15, -0.1) is 0 Å². The number of nitrogens with two attached hydrogens (primary N) is 1. The highest BCUT2D eigenvalue weighted by Crippen LogP contribution is 2.31. The summed E-state index contributed by atoms with van der Waals surface area (Å²) in [5.41, 5.74) is 6.23. The third kappa shape index (κ3) is 2.93. The third-order valence-corrected chi connectivity index (χ3v) is 4.11. The summed E-state index contributed by atoms with van der Waals surface area (Å²) in [7, 11) is 0. The lowest BCUT2D eigenvalue weighted by atomic mass is 9.96. The van der Waals surface area contributed by atoms with E-state index in [1.54, 1.807) is 0 Å². The molecule has 2 rings (SSSR count). The molecule has 1 aromatic heterocycles. The molecule has 18 heavy (non-hydrogen) atoms. The first kappa shape index (κ1) is 13.6. The van der Waals surface area contributed by atoms with Crippen LogP contribution in [0.25, 0.3) is 0 Å². The highest BCUT2D eigenvalue weighted by molar-refractivity contribution is 5.07. The molecule has 0 amide bonds. The molecule has 0 saturated heterocycles. The molecule has 1 aliphatic carbocycles. The second kappa shape index (κ2) is 5.41. The van der Waals surface area contributed by atoms with Crippen molar-refractivity contribution in [2.75, 3.05) is 0 Å². The largest absolute Gasteiger partial charge is 0.389 e. The zero-order valence-corrected chi connectivity index (χ0v) is 11.5. The Morgan fingerprint density at radius 1 is 1.56 bits per heavy atom. The molecule has 102 valence electrons. The monoisotopic (exact) mass is 251 g/mol. The van der Waals surface area contributed by atoms with E-state index < -0.39 is 5.60 Å². The fraction of sp³-hybridized carbons (Fsp3) is 0.786. The standard InChI is InChI=1S/C14H25N3O/c1-3-13(4-2)17-8-6-12(16-17)10-14(18)7-5-11(15)9-14/h6,8,11,13,18H,3-5,7,9-10,15H2,1-2H3. The number of hydrogen-bond acceptors (Lipinski definition) is 3. The van der Waals surface area contributed by atoms with Gasteiger partial charge >= 0.3 is 0 Å². The minimum absolute atomic E-state index is 0.149. The molecule has 1 heterocycles. The Hall–Kier alpha value is -0.870. The van der Waals surface area contributed by atoms with Crippen molar-refractivity contribution in [3.63, 3.8) is 0 Å². The van der Waals surface area contributed by atoms with Crippen LogP contribution in [0.1, 0.15) is 57.7 Å². The molecule has 1 aliphatic rings. The predicted octanol–water partition coefficient (Wildman–Crippen LogP) is 2.03. The van der Waals surface area contributed by atoms with Crippen LogP contribution in [0.15, 0.2) is 12.3 Å². The summed E-state index contributed by atoms with van der Waals surface area (Å²) in [5, 5.41) is 15.0. The first-order chi connectivity index (χ1) is 8.56. The van der Waals surface area contributed by atoms with Gasteiger partial charge < -0.3 is 10.8 Å². The van der Waals surface area contributed by atoms with E-state index >= 15 is 0 Å². The van der Waals surface area contributed by atoms with E-state index in [0.29, 0.717) is 18.9 Å². The lowest BCUT2D eigenvalue weighted by molar-refractivity contribution is 0.0457. The Labute approximate surface area is 109 Å². The van der Waals surface area contributed by atoms with E-state index in [0.717, 1.165) is 31.4 Å². The Morgan fingerprint density at radius 3 is 2.83 bits per heavy atom. The second-order valence-corrected chi connectivity index (χ2v) is 5.66. The molecule has 0 bridgehead atoms. The summed E-state index contributed by atoms with van der Waals surface area (Å²) in [4.78, 5) is 0. The van der Waals surface area contributed by atoms with Crippen molar-refractivity contribution >= 4 is 0 Å². The van der Waals surface area contributed by atoms with Gasteiger partial charge in [0.15, 0.2) is 0 Å². The zero-order chi connectivity index (χ0) is 13.2. The van der Waals surface area contributed by atoms with Gasteiger partial charge in [0, 0.05) is 18.7 Å². The molecule has 3 N–H and O–H groups in total. The van der Waals surface area contributed by atoms with Crippen molar-refractivity contribution in [3.05, 3.63) is 18.0 Å². The van der Waals surface area contributed by atoms with Crippen molar-refractivity contribution in [1.29, 1.82) is 0 Å². The molecule has 1 saturated carbocycles. The first-order valence-corrected chi connectivity index (χ1v) is 7.08. The molecule has 4 heteroatoms. The van der Waals surface area contributed by atoms with Gasteiger partial charge in [0.1, 0.15) is 0 Å². The van der Waals surface area contributed by atoms with Crippen LogP contribution in [-0.2, 0) is 6.42 Å². The second-order valence-electron chi connectivity index (χ2n) is 5.66. The van der Waals surface area contributed by atoms with Gasteiger partial charge in [0.25, 0.3) is 0 Å². The van der Waals surface area contributed by atoms with Gasteiger partial charge in [-0.3, -0.25) is 4.68 Å². The highest BCUT2D eigenvalue weighted by atomic mass is 16.3. The van der Waals surface area contributed by atoms with Crippen molar-refractivity contribution < 1.29 is 5.11 Å². The van der Waals surface area contributed by atoms with E-state index in [1.807, 2.05) is 16.9 Å². The van der Waals surface area contributed by atoms with Crippen LogP contribution in [0.2, 0.25) is 0 Å². The van der Waals surface area contributed by atoms with Crippen LogP contribution in [0.5, 0.6) is 0 Å². The van der Waals surface area contributed by atoms with E-state index in [1.165, 1.54) is 0 Å². The first-order valence-electron chi connectivity index (χ1n) is 7.08. The Morgan fingerprint density at radius 2 is 2.28 bits per heavy atom. The molecule has 0 aromatic carbocycles. The fourth-order valence-electron chi connectivity index (χ4n) is 2.98. The molecule has 4 nitrogen and oxygen atoms in total. The van der Waals surface area contributed by atoms with Gasteiger partial charge in [-0.05, 0) is 38.2 Å². The average Bonchev–Trinajstić information content (AvgIpc) is 2.89. The predicted molar refractivity (Wildman–Crippen MR) is 72.3 cm³/mol. The number of hydrogen-bond donors (Lipinski definition) is 2. The van der Waals surface area contributed by atoms with Crippen LogP contribution in [0, 0.1) is 0 Å². The summed E-state index contributed by atoms with van der Waals surface area (Å²) >= 11 is 0. The molecule has 1 aromatic rings. The van der Waals surface area contributed by atoms with Gasteiger partial charge in [-0.1, -0.05) is 13.8 Å². The number of rotatable bonds is 5. The maximum Gasteiger partial charge on any atom is 0.0719 e. The molecular weight excluding hydrogens is 226 g/mol. The van der Waals surface area contributed by atoms with E-state index in [2.05, 4.69) is 18.9 Å². The molecular formula is C14H25N3O. The van der Waals surface area contributed by atoms with Crippen molar-refractivity contribution in [2.24, 2.45) is 5.73 Å². The number of nitrogens with zero attached hydrogens (tertiary/aromatic N) is 2. The maximum absolute atomic E-state index is 10.4. The van der Waals surface area contributed by atoms with Crippen LogP contribution < -0.4 is 5.73 Å². The van der Waals surface area contributed by atoms with Gasteiger partial charge in [0.2, 0.25) is 0 Å². The summed E-state index contributed by atoms with van der Waals surface area (Å²) in [6.45, 7) is 4.36. The quantitative estimate of drug-likeness (QED) is 0.841. The molecule has 0 spiro atoms. The Bertz CT molecular complexity index is 386. The summed E-state index contributed by atoms with van der Waals surface area (Å²) < 4.78 is 2.04. The minimum atomic E-state index is -0.632. The Balaban J connectivity index is 2.02. The average molecular weight is 251 g/mol. The van der Waals surface area contributed by atoms with E-state index in [-0.39, 0.29) is 6.04 Å². The van der Waals surface area contributed by atoms with E-state index in [9.17, 15) is 5.11 Å². The number of aliphatic hydroxyl groups is 1. The van der Waals surface area contributed by atoms with Crippen LogP contribution in [0.4, 0.5) is 0 Å². The smallest absolute Gasteiger partial charge is 0.0719 e. The topological polar surface area (TPSA) is 64.1 Å². The molecule has 0 aliphatic heterocycles. The molecule has 1 fully saturated rings.